The highest BCUT2D eigenvalue weighted by atomic mass is 16.5. The highest BCUT2D eigenvalue weighted by molar-refractivity contribution is 6.00. The summed E-state index contributed by atoms with van der Waals surface area (Å²) in [6.45, 7) is 7.27. The number of carbonyl (C=O) groups is 1. The summed E-state index contributed by atoms with van der Waals surface area (Å²) < 4.78 is 5.52. The molecule has 1 fully saturated rings. The Bertz CT molecular complexity index is 1180. The second kappa shape index (κ2) is 10.3. The lowest BCUT2D eigenvalue weighted by Crippen LogP contribution is -2.48. The Morgan fingerprint density at radius 3 is 2.67 bits per heavy atom. The van der Waals surface area contributed by atoms with Gasteiger partial charge in [0.1, 0.15) is 17.9 Å². The van der Waals surface area contributed by atoms with Crippen molar-refractivity contribution in [2.45, 2.75) is 6.92 Å². The van der Waals surface area contributed by atoms with Gasteiger partial charge in [0.05, 0.1) is 24.9 Å². The van der Waals surface area contributed by atoms with Crippen LogP contribution in [0.1, 0.15) is 12.5 Å². The molecular weight excluding hydrogens is 416 g/mol. The third-order valence-corrected chi connectivity index (χ3v) is 5.80. The largest absolute Gasteiger partial charge is 0.494 e. The van der Waals surface area contributed by atoms with Crippen LogP contribution in [0.3, 0.4) is 0 Å². The van der Waals surface area contributed by atoms with Gasteiger partial charge in [0, 0.05) is 48.9 Å². The molecule has 0 unspecified atom stereocenters. The topological polar surface area (TPSA) is 82.6 Å². The minimum absolute atomic E-state index is 0.0781. The first kappa shape index (κ1) is 22.5. The van der Waals surface area contributed by atoms with E-state index in [-0.39, 0.29) is 5.91 Å². The van der Waals surface area contributed by atoms with Crippen molar-refractivity contribution in [3.63, 3.8) is 0 Å². The van der Waals surface area contributed by atoms with Gasteiger partial charge in [-0.3, -0.25) is 9.69 Å². The summed E-state index contributed by atoms with van der Waals surface area (Å²) in [5.74, 6) is 3.71. The van der Waals surface area contributed by atoms with Gasteiger partial charge in [-0.15, -0.1) is 6.42 Å². The molecule has 1 saturated heterocycles. The standard InChI is InChI=1S/C25H28N6O2/c1-4-18-7-6-8-19(13-18)28-25-20-14-22(23(33-3)15-21(20)26-17-27-25)29-24(32)16-31-11-9-30(5-2)10-12-31/h1,6-8,13-15,17H,5,9-12,16H2,2-3H3,(H,29,32)(H,26,27,28). The molecule has 170 valence electrons. The van der Waals surface area contributed by atoms with E-state index in [1.807, 2.05) is 30.3 Å². The average Bonchev–Trinajstić information content (AvgIpc) is 2.84. The van der Waals surface area contributed by atoms with Crippen LogP contribution in [0, 0.1) is 12.3 Å². The number of hydrogen-bond acceptors (Lipinski definition) is 7. The van der Waals surface area contributed by atoms with Crippen molar-refractivity contribution in [2.24, 2.45) is 0 Å². The number of likely N-dealkylation sites (N-methyl/N-ethyl adjacent to an activating group) is 1. The van der Waals surface area contributed by atoms with Gasteiger partial charge in [-0.1, -0.05) is 18.9 Å². The van der Waals surface area contributed by atoms with Crippen LogP contribution in [0.2, 0.25) is 0 Å². The van der Waals surface area contributed by atoms with Gasteiger partial charge < -0.3 is 20.3 Å². The molecule has 2 N–H and O–H groups in total. The van der Waals surface area contributed by atoms with Gasteiger partial charge >= 0.3 is 0 Å². The lowest BCUT2D eigenvalue weighted by Gasteiger charge is -2.33. The Kier molecular flexibility index (Phi) is 7.03. The molecule has 0 radical (unpaired) electrons. The lowest BCUT2D eigenvalue weighted by atomic mass is 10.1. The number of carbonyl (C=O) groups excluding carboxylic acids is 1. The van der Waals surface area contributed by atoms with E-state index in [1.54, 1.807) is 13.2 Å². The quantitative estimate of drug-likeness (QED) is 0.542. The Morgan fingerprint density at radius 2 is 1.94 bits per heavy atom. The van der Waals surface area contributed by atoms with Crippen LogP contribution >= 0.6 is 0 Å². The van der Waals surface area contributed by atoms with E-state index >= 15 is 0 Å². The van der Waals surface area contributed by atoms with Crippen LogP contribution in [0.5, 0.6) is 5.75 Å². The number of hydrogen-bond donors (Lipinski definition) is 2. The van der Waals surface area contributed by atoms with Crippen molar-refractivity contribution in [1.29, 1.82) is 0 Å². The molecule has 8 nitrogen and oxygen atoms in total. The predicted molar refractivity (Wildman–Crippen MR) is 131 cm³/mol. The number of piperazine rings is 1. The number of benzene rings is 2. The normalized spacial score (nSPS) is 14.6. The number of aromatic nitrogens is 2. The van der Waals surface area contributed by atoms with E-state index in [9.17, 15) is 4.79 Å². The third kappa shape index (κ3) is 5.40. The molecule has 2 heterocycles. The zero-order valence-corrected chi connectivity index (χ0v) is 19.0. The van der Waals surface area contributed by atoms with Crippen LogP contribution in [-0.4, -0.2) is 72.1 Å². The number of rotatable bonds is 7. The highest BCUT2D eigenvalue weighted by Crippen LogP contribution is 2.33. The Balaban J connectivity index is 1.55. The molecule has 1 aliphatic heterocycles. The maximum absolute atomic E-state index is 12.8. The number of terminal acetylenes is 1. The monoisotopic (exact) mass is 444 g/mol. The molecular formula is C25H28N6O2. The molecule has 1 aromatic heterocycles. The predicted octanol–water partition coefficient (Wildman–Crippen LogP) is 2.94. The van der Waals surface area contributed by atoms with Gasteiger partial charge in [0.15, 0.2) is 0 Å². The number of methoxy groups -OCH3 is 1. The van der Waals surface area contributed by atoms with Crippen molar-refractivity contribution in [3.8, 4) is 18.1 Å². The van der Waals surface area contributed by atoms with E-state index in [1.165, 1.54) is 6.33 Å². The summed E-state index contributed by atoms with van der Waals surface area (Å²) in [5, 5.41) is 7.07. The van der Waals surface area contributed by atoms with E-state index in [2.05, 4.69) is 43.2 Å². The molecule has 1 aliphatic rings. The maximum Gasteiger partial charge on any atom is 0.238 e. The van der Waals surface area contributed by atoms with Gasteiger partial charge in [-0.05, 0) is 30.8 Å². The van der Waals surface area contributed by atoms with Gasteiger partial charge in [-0.25, -0.2) is 9.97 Å². The summed E-state index contributed by atoms with van der Waals surface area (Å²) in [6, 6.07) is 11.2. The number of fused-ring (bicyclic) bond motifs is 1. The fourth-order valence-corrected chi connectivity index (χ4v) is 3.93. The molecule has 1 amide bonds. The molecule has 2 aromatic carbocycles. The molecule has 0 aliphatic carbocycles. The second-order valence-corrected chi connectivity index (χ2v) is 7.90. The summed E-state index contributed by atoms with van der Waals surface area (Å²) in [6.07, 6.45) is 7.01. The molecule has 0 saturated carbocycles. The summed E-state index contributed by atoms with van der Waals surface area (Å²) in [5.41, 5.74) is 2.87. The summed E-state index contributed by atoms with van der Waals surface area (Å²) >= 11 is 0. The van der Waals surface area contributed by atoms with E-state index in [0.717, 1.165) is 49.4 Å². The van der Waals surface area contributed by atoms with Gasteiger partial charge in [0.25, 0.3) is 0 Å². The van der Waals surface area contributed by atoms with Crippen LogP contribution < -0.4 is 15.4 Å². The number of nitrogens with zero attached hydrogens (tertiary/aromatic N) is 4. The van der Waals surface area contributed by atoms with Crippen molar-refractivity contribution >= 4 is 34.0 Å². The molecule has 0 atom stereocenters. The summed E-state index contributed by atoms with van der Waals surface area (Å²) in [4.78, 5) is 26.1. The van der Waals surface area contributed by atoms with Crippen molar-refractivity contribution in [3.05, 3.63) is 48.3 Å². The minimum Gasteiger partial charge on any atom is -0.494 e. The zero-order chi connectivity index (χ0) is 23.2. The number of amides is 1. The number of nitrogens with one attached hydrogen (secondary N) is 2. The van der Waals surface area contributed by atoms with E-state index in [0.29, 0.717) is 29.3 Å². The first-order chi connectivity index (χ1) is 16.1. The van der Waals surface area contributed by atoms with Gasteiger partial charge in [-0.2, -0.15) is 0 Å². The van der Waals surface area contributed by atoms with E-state index < -0.39 is 0 Å². The second-order valence-electron chi connectivity index (χ2n) is 7.90. The van der Waals surface area contributed by atoms with Gasteiger partial charge in [0.2, 0.25) is 5.91 Å². The molecule has 0 spiro atoms. The highest BCUT2D eigenvalue weighted by Gasteiger charge is 2.19. The third-order valence-electron chi connectivity index (χ3n) is 5.80. The van der Waals surface area contributed by atoms with Crippen molar-refractivity contribution in [1.82, 2.24) is 19.8 Å². The summed E-state index contributed by atoms with van der Waals surface area (Å²) in [7, 11) is 1.58. The lowest BCUT2D eigenvalue weighted by molar-refractivity contribution is -0.117. The Labute approximate surface area is 194 Å². The fourth-order valence-electron chi connectivity index (χ4n) is 3.93. The van der Waals surface area contributed by atoms with Crippen molar-refractivity contribution in [2.75, 3.05) is 57.0 Å². The van der Waals surface area contributed by atoms with Crippen molar-refractivity contribution < 1.29 is 9.53 Å². The molecule has 0 bridgehead atoms. The first-order valence-corrected chi connectivity index (χ1v) is 11.0. The smallest absolute Gasteiger partial charge is 0.238 e. The average molecular weight is 445 g/mol. The van der Waals surface area contributed by atoms with Crippen LogP contribution in [0.4, 0.5) is 17.2 Å². The zero-order valence-electron chi connectivity index (χ0n) is 19.0. The molecule has 4 rings (SSSR count). The first-order valence-electron chi connectivity index (χ1n) is 11.0. The van der Waals surface area contributed by atoms with Crippen LogP contribution in [0.15, 0.2) is 42.7 Å². The SMILES string of the molecule is C#Cc1cccc(Nc2ncnc3cc(OC)c(NC(=O)CN4CCN(CC)CC4)cc23)c1. The Hall–Kier alpha value is -3.67. The maximum atomic E-state index is 12.8. The van der Waals surface area contributed by atoms with E-state index in [4.69, 9.17) is 11.2 Å². The molecule has 3 aromatic rings. The fraction of sp³-hybridized carbons (Fsp3) is 0.320. The van der Waals surface area contributed by atoms with Crippen LogP contribution in [0.25, 0.3) is 10.9 Å². The van der Waals surface area contributed by atoms with Crippen LogP contribution in [-0.2, 0) is 4.79 Å². The molecule has 33 heavy (non-hydrogen) atoms. The molecule has 8 heteroatoms. The number of anilines is 3. The number of ether oxygens (including phenoxy) is 1. The minimum atomic E-state index is -0.0781. The Morgan fingerprint density at radius 1 is 1.15 bits per heavy atom.